The summed E-state index contributed by atoms with van der Waals surface area (Å²) < 4.78 is 8.02. The largest absolute Gasteiger partial charge is 0.394 e. The minimum atomic E-state index is -1.17. The highest BCUT2D eigenvalue weighted by molar-refractivity contribution is 9.09. The second-order valence-electron chi connectivity index (χ2n) is 9.72. The van der Waals surface area contributed by atoms with Crippen molar-refractivity contribution in [3.8, 4) is 0 Å². The summed E-state index contributed by atoms with van der Waals surface area (Å²) in [6.45, 7) is 4.07. The number of likely N-dealkylation sites (tertiary alicyclic amines) is 1. The van der Waals surface area contributed by atoms with Crippen LogP contribution in [0.25, 0.3) is 11.0 Å². The highest BCUT2D eigenvalue weighted by Crippen LogP contribution is 2.60. The number of rotatable bonds is 9. The lowest BCUT2D eigenvalue weighted by atomic mass is 9.70. The number of aromatic nitrogens is 3. The quantitative estimate of drug-likeness (QED) is 0.379. The first-order valence-electron chi connectivity index (χ1n) is 12.5. The van der Waals surface area contributed by atoms with Crippen molar-refractivity contribution in [1.82, 2.24) is 30.5 Å². The van der Waals surface area contributed by atoms with Crippen molar-refractivity contribution < 1.29 is 24.2 Å². The van der Waals surface area contributed by atoms with Crippen molar-refractivity contribution in [3.05, 3.63) is 24.3 Å². The summed E-state index contributed by atoms with van der Waals surface area (Å²) in [5.74, 6) is -2.47. The number of aliphatic hydroxyl groups is 1. The number of hydrogen-bond donors (Lipinski definition) is 3. The predicted octanol–water partition coefficient (Wildman–Crippen LogP) is 0.550. The first-order chi connectivity index (χ1) is 17.4. The maximum Gasteiger partial charge on any atom is 0.247 e. The Hall–Kier alpha value is -2.57. The molecule has 36 heavy (non-hydrogen) atoms. The molecule has 1 aromatic carbocycles. The van der Waals surface area contributed by atoms with E-state index >= 15 is 0 Å². The van der Waals surface area contributed by atoms with Crippen LogP contribution in [0, 0.1) is 11.8 Å². The number of aliphatic hydroxyl groups excluding tert-OH is 1. The summed E-state index contributed by atoms with van der Waals surface area (Å²) in [6.07, 6.45) is 1.12. The van der Waals surface area contributed by atoms with Crippen LogP contribution >= 0.6 is 15.9 Å². The Morgan fingerprint density at radius 2 is 2.06 bits per heavy atom. The molecule has 3 amide bonds. The molecule has 11 nitrogen and oxygen atoms in total. The Kier molecular flexibility index (Phi) is 6.77. The van der Waals surface area contributed by atoms with Gasteiger partial charge in [0.1, 0.15) is 23.8 Å². The van der Waals surface area contributed by atoms with Gasteiger partial charge in [0.2, 0.25) is 17.7 Å². The van der Waals surface area contributed by atoms with Gasteiger partial charge in [-0.1, -0.05) is 47.1 Å². The van der Waals surface area contributed by atoms with Crippen molar-refractivity contribution in [1.29, 1.82) is 0 Å². The van der Waals surface area contributed by atoms with Crippen molar-refractivity contribution in [2.75, 3.05) is 13.2 Å². The third-order valence-electron chi connectivity index (χ3n) is 7.73. The molecule has 0 saturated carbocycles. The van der Waals surface area contributed by atoms with E-state index in [9.17, 15) is 19.5 Å². The van der Waals surface area contributed by atoms with Gasteiger partial charge >= 0.3 is 0 Å². The first-order valence-corrected chi connectivity index (χ1v) is 13.4. The van der Waals surface area contributed by atoms with E-state index in [2.05, 4.69) is 36.9 Å². The Labute approximate surface area is 217 Å². The summed E-state index contributed by atoms with van der Waals surface area (Å²) in [5.41, 5.74) is 0.304. The van der Waals surface area contributed by atoms with E-state index in [-0.39, 0.29) is 29.9 Å². The topological polar surface area (TPSA) is 139 Å². The Morgan fingerprint density at radius 1 is 1.28 bits per heavy atom. The normalized spacial score (nSPS) is 31.6. The van der Waals surface area contributed by atoms with E-state index in [1.165, 1.54) is 4.90 Å². The molecule has 12 heteroatoms. The van der Waals surface area contributed by atoms with Gasteiger partial charge in [-0.15, -0.1) is 5.10 Å². The maximum atomic E-state index is 13.9. The number of carbonyl (C=O) groups is 3. The van der Waals surface area contributed by atoms with Crippen LogP contribution in [0.1, 0.15) is 33.1 Å². The van der Waals surface area contributed by atoms with Gasteiger partial charge in [-0.3, -0.25) is 14.4 Å². The molecule has 7 atom stereocenters. The zero-order valence-corrected chi connectivity index (χ0v) is 21.8. The van der Waals surface area contributed by atoms with E-state index in [4.69, 9.17) is 4.74 Å². The lowest BCUT2D eigenvalue weighted by Gasteiger charge is -2.36. The fourth-order valence-corrected chi connectivity index (χ4v) is 7.07. The number of fused-ring (bicyclic) bond motifs is 2. The number of hydrogen-bond acceptors (Lipinski definition) is 7. The molecule has 2 aromatic rings. The standard InChI is InChI=1S/C24H31BrN6O5/c1-3-9-26-21(33)17-18-23(35)31(13(4-2)11-32)20(24(18)10-14(25)19(17)36-24)22(34)27-12-30-16-8-6-5-7-15(16)28-29-30/h5-8,13-14,17-20,32H,3-4,9-12H2,1-2H3,(H,26,33)(H,27,34)/t13-,14?,17+,18-,19+,20?,24?/m0/s1. The number of ether oxygens (including phenoxy) is 1. The summed E-state index contributed by atoms with van der Waals surface area (Å²) in [6, 6.07) is 5.85. The number of amides is 3. The molecule has 3 fully saturated rings. The lowest BCUT2D eigenvalue weighted by molar-refractivity contribution is -0.145. The smallest absolute Gasteiger partial charge is 0.247 e. The molecule has 1 spiro atoms. The minimum absolute atomic E-state index is 0.0517. The van der Waals surface area contributed by atoms with E-state index in [0.29, 0.717) is 24.9 Å². The number of para-hydroxylation sites is 1. The summed E-state index contributed by atoms with van der Waals surface area (Å²) in [7, 11) is 0. The molecule has 3 aliphatic heterocycles. The third kappa shape index (κ3) is 3.72. The van der Waals surface area contributed by atoms with E-state index in [1.807, 2.05) is 38.1 Å². The zero-order chi connectivity index (χ0) is 25.6. The Bertz CT molecular complexity index is 1170. The molecule has 3 unspecified atom stereocenters. The fourth-order valence-electron chi connectivity index (χ4n) is 6.12. The summed E-state index contributed by atoms with van der Waals surface area (Å²) in [5, 5.41) is 24.2. The van der Waals surface area contributed by atoms with E-state index in [0.717, 1.165) is 11.9 Å². The molecule has 0 aliphatic carbocycles. The van der Waals surface area contributed by atoms with Gasteiger partial charge < -0.3 is 25.4 Å². The minimum Gasteiger partial charge on any atom is -0.394 e. The van der Waals surface area contributed by atoms with Crippen LogP contribution in [0.5, 0.6) is 0 Å². The van der Waals surface area contributed by atoms with Gasteiger partial charge in [0.15, 0.2) is 0 Å². The van der Waals surface area contributed by atoms with Gasteiger partial charge in [-0.25, -0.2) is 4.68 Å². The van der Waals surface area contributed by atoms with Crippen LogP contribution in [-0.2, 0) is 25.8 Å². The second-order valence-corrected chi connectivity index (χ2v) is 10.9. The molecule has 3 N–H and O–H groups in total. The van der Waals surface area contributed by atoms with Crippen LogP contribution in [0.3, 0.4) is 0 Å². The zero-order valence-electron chi connectivity index (χ0n) is 20.3. The number of nitrogens with zero attached hydrogens (tertiary/aromatic N) is 4. The number of nitrogens with one attached hydrogen (secondary N) is 2. The van der Waals surface area contributed by atoms with Crippen LogP contribution in [0.4, 0.5) is 0 Å². The SMILES string of the molecule is CCCNC(=O)[C@H]1[C@@H]2OC3(CC2Br)C(C(=O)NCn2nnc4ccccc42)N([C@@H](CC)CO)C(=O)[C@H]13. The average Bonchev–Trinajstić information content (AvgIpc) is 3.59. The molecular weight excluding hydrogens is 532 g/mol. The molecule has 5 rings (SSSR count). The Morgan fingerprint density at radius 3 is 2.78 bits per heavy atom. The molecule has 3 aliphatic rings. The van der Waals surface area contributed by atoms with Crippen molar-refractivity contribution in [2.45, 2.75) is 68.4 Å². The predicted molar refractivity (Wildman–Crippen MR) is 133 cm³/mol. The van der Waals surface area contributed by atoms with Crippen LogP contribution in [0.2, 0.25) is 0 Å². The van der Waals surface area contributed by atoms with Crippen LogP contribution < -0.4 is 10.6 Å². The molecule has 2 bridgehead atoms. The van der Waals surface area contributed by atoms with Crippen molar-refractivity contribution in [2.24, 2.45) is 11.8 Å². The van der Waals surface area contributed by atoms with Gasteiger partial charge in [0.05, 0.1) is 36.1 Å². The van der Waals surface area contributed by atoms with Gasteiger partial charge in [-0.2, -0.15) is 0 Å². The lowest BCUT2D eigenvalue weighted by Crippen LogP contribution is -2.58. The Balaban J connectivity index is 1.47. The van der Waals surface area contributed by atoms with Gasteiger partial charge in [-0.05, 0) is 31.4 Å². The van der Waals surface area contributed by atoms with Crippen LogP contribution in [-0.4, -0.2) is 84.5 Å². The van der Waals surface area contributed by atoms with Crippen molar-refractivity contribution >= 4 is 44.7 Å². The number of halogens is 1. The molecule has 1 aromatic heterocycles. The number of alkyl halides is 1. The molecule has 4 heterocycles. The van der Waals surface area contributed by atoms with Crippen molar-refractivity contribution in [3.63, 3.8) is 0 Å². The summed E-state index contributed by atoms with van der Waals surface area (Å²) in [4.78, 5) is 42.1. The third-order valence-corrected chi connectivity index (χ3v) is 8.57. The second kappa shape index (κ2) is 9.71. The summed E-state index contributed by atoms with van der Waals surface area (Å²) >= 11 is 3.65. The maximum absolute atomic E-state index is 13.9. The van der Waals surface area contributed by atoms with Gasteiger partial charge in [0, 0.05) is 11.4 Å². The molecule has 0 radical (unpaired) electrons. The molecule has 3 saturated heterocycles. The van der Waals surface area contributed by atoms with Gasteiger partial charge in [0.25, 0.3) is 0 Å². The molecule has 194 valence electrons. The average molecular weight is 563 g/mol. The molecular formula is C24H31BrN6O5. The van der Waals surface area contributed by atoms with E-state index in [1.54, 1.807) is 4.68 Å². The van der Waals surface area contributed by atoms with E-state index < -0.39 is 41.5 Å². The monoisotopic (exact) mass is 562 g/mol. The fraction of sp³-hybridized carbons (Fsp3) is 0.625. The first kappa shape index (κ1) is 25.1. The van der Waals surface area contributed by atoms with Crippen LogP contribution in [0.15, 0.2) is 24.3 Å². The number of benzene rings is 1. The highest BCUT2D eigenvalue weighted by Gasteiger charge is 2.76. The highest BCUT2D eigenvalue weighted by atomic mass is 79.9. The number of carbonyl (C=O) groups excluding carboxylic acids is 3.